The van der Waals surface area contributed by atoms with Gasteiger partial charge in [-0.15, -0.1) is 0 Å². The fraction of sp³-hybridized carbons (Fsp3) is 0.231. The summed E-state index contributed by atoms with van der Waals surface area (Å²) in [7, 11) is 0. The summed E-state index contributed by atoms with van der Waals surface area (Å²) in [4.78, 5) is 11.6. The highest BCUT2D eigenvalue weighted by Crippen LogP contribution is 2.13. The Balaban J connectivity index is 2.48. The van der Waals surface area contributed by atoms with Gasteiger partial charge in [-0.3, -0.25) is 0 Å². The molecule has 0 atom stereocenters. The van der Waals surface area contributed by atoms with Crippen LogP contribution in [-0.2, 0) is 6.42 Å². The second-order valence-corrected chi connectivity index (χ2v) is 3.54. The van der Waals surface area contributed by atoms with Crippen molar-refractivity contribution in [3.05, 3.63) is 53.4 Å². The Morgan fingerprint density at radius 3 is 2.87 bits per heavy atom. The van der Waals surface area contributed by atoms with Crippen LogP contribution in [0, 0.1) is 6.92 Å². The van der Waals surface area contributed by atoms with E-state index < -0.39 is 0 Å². The maximum Gasteiger partial charge on any atom is 0.343 e. The largest absolute Gasteiger partial charge is 0.427 e. The van der Waals surface area contributed by atoms with Crippen LogP contribution in [0.25, 0.3) is 10.8 Å². The van der Waals surface area contributed by atoms with Crippen LogP contribution in [0.15, 0.2) is 39.5 Å². The van der Waals surface area contributed by atoms with Crippen molar-refractivity contribution in [1.29, 1.82) is 0 Å². The van der Waals surface area contributed by atoms with Gasteiger partial charge in [0, 0.05) is 6.42 Å². The van der Waals surface area contributed by atoms with Gasteiger partial charge in [0.05, 0.1) is 5.39 Å². The Labute approximate surface area is 88.5 Å². The molecule has 2 heteroatoms. The average Bonchev–Trinajstić information content (AvgIpc) is 2.26. The molecule has 1 aromatic carbocycles. The zero-order valence-electron chi connectivity index (χ0n) is 8.53. The molecule has 1 aromatic heterocycles. The zero-order chi connectivity index (χ0) is 10.7. The van der Waals surface area contributed by atoms with E-state index in [-0.39, 0.29) is 5.63 Å². The molecule has 0 unspecified atom stereocenters. The van der Waals surface area contributed by atoms with Crippen LogP contribution in [0.3, 0.4) is 0 Å². The Kier molecular flexibility index (Phi) is 2.86. The molecule has 0 fully saturated rings. The van der Waals surface area contributed by atoms with Crippen LogP contribution in [0.1, 0.15) is 18.6 Å². The Hall–Kier alpha value is -1.57. The molecule has 0 bridgehead atoms. The van der Waals surface area contributed by atoms with E-state index in [1.807, 2.05) is 24.3 Å². The minimum atomic E-state index is -0.243. The Morgan fingerprint density at radius 2 is 2.07 bits per heavy atom. The summed E-state index contributed by atoms with van der Waals surface area (Å²) in [6.07, 6.45) is 2.58. The fourth-order valence-corrected chi connectivity index (χ4v) is 1.61. The van der Waals surface area contributed by atoms with Gasteiger partial charge in [0.25, 0.3) is 0 Å². The third-order valence-electron chi connectivity index (χ3n) is 2.39. The molecule has 0 saturated heterocycles. The first-order valence-electron chi connectivity index (χ1n) is 5.12. The summed E-state index contributed by atoms with van der Waals surface area (Å²) in [6, 6.07) is 9.42. The lowest BCUT2D eigenvalue weighted by Crippen LogP contribution is -2.01. The van der Waals surface area contributed by atoms with E-state index in [1.165, 1.54) is 0 Å². The lowest BCUT2D eigenvalue weighted by molar-refractivity contribution is 0.462. The number of hydrogen-bond donors (Lipinski definition) is 0. The average molecular weight is 201 g/mol. The predicted octanol–water partition coefficient (Wildman–Crippen LogP) is 2.95. The molecule has 0 aliphatic heterocycles. The van der Waals surface area contributed by atoms with Crippen LogP contribution in [0.2, 0.25) is 0 Å². The smallest absolute Gasteiger partial charge is 0.343 e. The molecular formula is C13H13O2. The van der Waals surface area contributed by atoms with Crippen LogP contribution in [0.4, 0.5) is 0 Å². The number of unbranched alkanes of at least 4 members (excludes halogenated alkanes) is 1. The number of fused-ring (bicyclic) bond motifs is 1. The first-order valence-corrected chi connectivity index (χ1v) is 5.12. The van der Waals surface area contributed by atoms with Gasteiger partial charge in [-0.2, -0.15) is 0 Å². The van der Waals surface area contributed by atoms with Crippen molar-refractivity contribution in [3.8, 4) is 0 Å². The first kappa shape index (κ1) is 9.97. The third kappa shape index (κ3) is 2.09. The summed E-state index contributed by atoms with van der Waals surface area (Å²) < 4.78 is 5.21. The second kappa shape index (κ2) is 4.30. The lowest BCUT2D eigenvalue weighted by atomic mass is 10.1. The van der Waals surface area contributed by atoms with Crippen molar-refractivity contribution in [2.24, 2.45) is 0 Å². The topological polar surface area (TPSA) is 30.2 Å². The molecule has 0 amide bonds. The van der Waals surface area contributed by atoms with Crippen molar-refractivity contribution in [3.63, 3.8) is 0 Å². The van der Waals surface area contributed by atoms with E-state index in [9.17, 15) is 4.79 Å². The van der Waals surface area contributed by atoms with E-state index in [0.717, 1.165) is 30.4 Å². The molecule has 77 valence electrons. The molecular weight excluding hydrogens is 188 g/mol. The summed E-state index contributed by atoms with van der Waals surface area (Å²) >= 11 is 0. The summed E-state index contributed by atoms with van der Waals surface area (Å²) in [5.41, 5.74) is -0.243. The summed E-state index contributed by atoms with van der Waals surface area (Å²) in [5.74, 6) is 0.752. The second-order valence-electron chi connectivity index (χ2n) is 3.54. The molecule has 2 rings (SSSR count). The molecule has 15 heavy (non-hydrogen) atoms. The van der Waals surface area contributed by atoms with Crippen molar-refractivity contribution >= 4 is 10.8 Å². The standard InChI is InChI=1S/C13H13O2/c1-2-3-7-11-9-10-6-4-5-8-12(10)13(14)15-11/h4-6,8-9H,1-3,7H2. The molecule has 2 nitrogen and oxygen atoms in total. The monoisotopic (exact) mass is 201 g/mol. The van der Waals surface area contributed by atoms with E-state index in [1.54, 1.807) is 6.07 Å². The van der Waals surface area contributed by atoms with Gasteiger partial charge in [-0.1, -0.05) is 31.5 Å². The number of rotatable bonds is 3. The molecule has 0 N–H and O–H groups in total. The summed E-state index contributed by atoms with van der Waals surface area (Å²) in [5, 5.41) is 1.60. The molecule has 0 saturated carbocycles. The third-order valence-corrected chi connectivity index (χ3v) is 2.39. The lowest BCUT2D eigenvalue weighted by Gasteiger charge is -2.00. The van der Waals surface area contributed by atoms with Gasteiger partial charge in [0.1, 0.15) is 5.76 Å². The molecule has 0 aliphatic rings. The van der Waals surface area contributed by atoms with Crippen LogP contribution in [-0.4, -0.2) is 0 Å². The highest BCUT2D eigenvalue weighted by Gasteiger charge is 2.02. The maximum atomic E-state index is 11.6. The molecule has 1 heterocycles. The van der Waals surface area contributed by atoms with Gasteiger partial charge in [-0.25, -0.2) is 4.79 Å². The zero-order valence-corrected chi connectivity index (χ0v) is 8.53. The van der Waals surface area contributed by atoms with E-state index in [0.29, 0.717) is 5.39 Å². The van der Waals surface area contributed by atoms with Gasteiger partial charge >= 0.3 is 5.63 Å². The van der Waals surface area contributed by atoms with Gasteiger partial charge in [-0.05, 0) is 23.9 Å². The maximum absolute atomic E-state index is 11.6. The van der Waals surface area contributed by atoms with Crippen molar-refractivity contribution in [2.45, 2.75) is 19.3 Å². The van der Waals surface area contributed by atoms with E-state index in [2.05, 4.69) is 6.92 Å². The van der Waals surface area contributed by atoms with Gasteiger partial charge < -0.3 is 4.42 Å². The number of aryl methyl sites for hydroxylation is 1. The Bertz CT molecular complexity index is 511. The highest BCUT2D eigenvalue weighted by molar-refractivity contribution is 5.81. The van der Waals surface area contributed by atoms with Crippen LogP contribution >= 0.6 is 0 Å². The summed E-state index contributed by atoms with van der Waals surface area (Å²) in [6.45, 7) is 3.77. The SMILES string of the molecule is [CH2]CCCc1cc2ccccc2c(=O)o1. The fourth-order valence-electron chi connectivity index (χ4n) is 1.61. The number of hydrogen-bond acceptors (Lipinski definition) is 2. The minimum absolute atomic E-state index is 0.243. The first-order chi connectivity index (χ1) is 7.31. The highest BCUT2D eigenvalue weighted by atomic mass is 16.4. The molecule has 0 aliphatic carbocycles. The van der Waals surface area contributed by atoms with Gasteiger partial charge in [0.2, 0.25) is 0 Å². The normalized spacial score (nSPS) is 10.7. The van der Waals surface area contributed by atoms with Crippen molar-refractivity contribution in [1.82, 2.24) is 0 Å². The Morgan fingerprint density at radius 1 is 1.27 bits per heavy atom. The van der Waals surface area contributed by atoms with Crippen LogP contribution in [0.5, 0.6) is 0 Å². The van der Waals surface area contributed by atoms with Crippen molar-refractivity contribution < 1.29 is 4.42 Å². The molecule has 2 aromatic rings. The minimum Gasteiger partial charge on any atom is -0.427 e. The van der Waals surface area contributed by atoms with Crippen LogP contribution < -0.4 is 5.63 Å². The van der Waals surface area contributed by atoms with Crippen molar-refractivity contribution in [2.75, 3.05) is 0 Å². The quantitative estimate of drug-likeness (QED) is 0.764. The van der Waals surface area contributed by atoms with E-state index >= 15 is 0 Å². The molecule has 0 spiro atoms. The molecule has 1 radical (unpaired) electrons. The van der Waals surface area contributed by atoms with E-state index in [4.69, 9.17) is 4.42 Å². The number of benzene rings is 1. The predicted molar refractivity (Wildman–Crippen MR) is 60.8 cm³/mol. The van der Waals surface area contributed by atoms with Gasteiger partial charge in [0.15, 0.2) is 0 Å².